The summed E-state index contributed by atoms with van der Waals surface area (Å²) in [5.74, 6) is 1.56. The topological polar surface area (TPSA) is 69.0 Å². The van der Waals surface area contributed by atoms with Crippen molar-refractivity contribution >= 4 is 23.4 Å². The molecule has 1 amide bonds. The van der Waals surface area contributed by atoms with Gasteiger partial charge in [-0.1, -0.05) is 54.2 Å². The first-order valence-electron chi connectivity index (χ1n) is 10.2. The number of anilines is 1. The second-order valence-corrected chi connectivity index (χ2v) is 8.24. The minimum absolute atomic E-state index is 0.0887. The quantitative estimate of drug-likeness (QED) is 0.392. The van der Waals surface area contributed by atoms with Gasteiger partial charge in [-0.05, 0) is 55.3 Å². The van der Waals surface area contributed by atoms with Crippen LogP contribution in [0.2, 0.25) is 0 Å². The minimum Gasteiger partial charge on any atom is -0.497 e. The molecule has 32 heavy (non-hydrogen) atoms. The normalized spacial score (nSPS) is 10.7. The Bertz CT molecular complexity index is 1240. The van der Waals surface area contributed by atoms with Crippen LogP contribution in [0.5, 0.6) is 5.75 Å². The zero-order valence-electron chi connectivity index (χ0n) is 18.2. The number of methoxy groups -OCH3 is 1. The number of nitrogens with zero attached hydrogens (tertiary/aromatic N) is 3. The van der Waals surface area contributed by atoms with Crippen molar-refractivity contribution in [2.75, 3.05) is 18.2 Å². The largest absolute Gasteiger partial charge is 0.497 e. The maximum absolute atomic E-state index is 12.7. The van der Waals surface area contributed by atoms with Crippen molar-refractivity contribution in [3.05, 3.63) is 83.9 Å². The van der Waals surface area contributed by atoms with Gasteiger partial charge in [0.1, 0.15) is 5.75 Å². The number of amides is 1. The Balaban J connectivity index is 1.60. The van der Waals surface area contributed by atoms with E-state index in [1.807, 2.05) is 91.2 Å². The van der Waals surface area contributed by atoms with Crippen molar-refractivity contribution < 1.29 is 9.53 Å². The molecular weight excluding hydrogens is 420 g/mol. The van der Waals surface area contributed by atoms with E-state index in [2.05, 4.69) is 15.5 Å². The number of hydrogen-bond acceptors (Lipinski definition) is 5. The molecule has 0 saturated carbocycles. The third-order valence-electron chi connectivity index (χ3n) is 5.19. The van der Waals surface area contributed by atoms with Gasteiger partial charge in [-0.2, -0.15) is 0 Å². The molecule has 162 valence electrons. The zero-order chi connectivity index (χ0) is 22.5. The van der Waals surface area contributed by atoms with E-state index in [0.717, 1.165) is 33.8 Å². The summed E-state index contributed by atoms with van der Waals surface area (Å²) in [6.07, 6.45) is 0. The summed E-state index contributed by atoms with van der Waals surface area (Å²) in [5.41, 5.74) is 4.85. The van der Waals surface area contributed by atoms with E-state index < -0.39 is 0 Å². The number of para-hydroxylation sites is 1. The Morgan fingerprint density at radius 1 is 1.00 bits per heavy atom. The van der Waals surface area contributed by atoms with E-state index in [1.165, 1.54) is 11.8 Å². The lowest BCUT2D eigenvalue weighted by Gasteiger charge is -2.12. The van der Waals surface area contributed by atoms with Gasteiger partial charge >= 0.3 is 0 Å². The summed E-state index contributed by atoms with van der Waals surface area (Å²) in [7, 11) is 1.64. The molecular formula is C25H24N4O2S. The molecule has 1 N–H and O–H groups in total. The summed E-state index contributed by atoms with van der Waals surface area (Å²) in [6.45, 7) is 4.03. The van der Waals surface area contributed by atoms with Crippen LogP contribution in [-0.2, 0) is 4.79 Å². The number of ether oxygens (including phenoxy) is 1. The lowest BCUT2D eigenvalue weighted by atomic mass is 10.1. The van der Waals surface area contributed by atoms with Crippen LogP contribution < -0.4 is 10.1 Å². The number of carbonyl (C=O) groups is 1. The van der Waals surface area contributed by atoms with Gasteiger partial charge in [0.05, 0.1) is 12.9 Å². The summed E-state index contributed by atoms with van der Waals surface area (Å²) < 4.78 is 7.33. The summed E-state index contributed by atoms with van der Waals surface area (Å²) in [5, 5.41) is 12.5. The second kappa shape index (κ2) is 9.70. The minimum atomic E-state index is -0.0887. The standard InChI is InChI=1S/C25H24N4O2S/c1-17-9-7-14-22(18(17)2)26-23(30)16-32-25-28-27-24(19-10-8-13-21(15-19)31-3)29(25)20-11-5-4-6-12-20/h4-15H,16H2,1-3H3,(H,26,30). The van der Waals surface area contributed by atoms with Gasteiger partial charge in [0, 0.05) is 16.9 Å². The van der Waals surface area contributed by atoms with Crippen molar-refractivity contribution in [2.45, 2.75) is 19.0 Å². The van der Waals surface area contributed by atoms with Crippen molar-refractivity contribution in [1.82, 2.24) is 14.8 Å². The molecule has 3 aromatic carbocycles. The number of nitrogens with one attached hydrogen (secondary N) is 1. The number of rotatable bonds is 7. The van der Waals surface area contributed by atoms with Crippen LogP contribution in [0.25, 0.3) is 17.1 Å². The van der Waals surface area contributed by atoms with Crippen molar-refractivity contribution in [1.29, 1.82) is 0 Å². The predicted octanol–water partition coefficient (Wildman–Crippen LogP) is 5.29. The van der Waals surface area contributed by atoms with Gasteiger partial charge in [0.25, 0.3) is 0 Å². The molecule has 1 heterocycles. The number of carbonyl (C=O) groups excluding carboxylic acids is 1. The zero-order valence-corrected chi connectivity index (χ0v) is 19.0. The van der Waals surface area contributed by atoms with E-state index >= 15 is 0 Å². The number of hydrogen-bond donors (Lipinski definition) is 1. The molecule has 0 aliphatic rings. The van der Waals surface area contributed by atoms with E-state index in [9.17, 15) is 4.79 Å². The molecule has 0 bridgehead atoms. The van der Waals surface area contributed by atoms with Gasteiger partial charge < -0.3 is 10.1 Å². The summed E-state index contributed by atoms with van der Waals surface area (Å²) in [4.78, 5) is 12.7. The highest BCUT2D eigenvalue weighted by molar-refractivity contribution is 7.99. The molecule has 4 rings (SSSR count). The Morgan fingerprint density at radius 2 is 1.78 bits per heavy atom. The lowest BCUT2D eigenvalue weighted by Crippen LogP contribution is -2.15. The van der Waals surface area contributed by atoms with Crippen LogP contribution in [0.1, 0.15) is 11.1 Å². The van der Waals surface area contributed by atoms with Crippen LogP contribution in [0.15, 0.2) is 78.0 Å². The van der Waals surface area contributed by atoms with Crippen LogP contribution in [-0.4, -0.2) is 33.5 Å². The molecule has 0 aliphatic carbocycles. The average Bonchev–Trinajstić information content (AvgIpc) is 3.25. The highest BCUT2D eigenvalue weighted by atomic mass is 32.2. The molecule has 1 aromatic heterocycles. The van der Waals surface area contributed by atoms with E-state index in [4.69, 9.17) is 4.74 Å². The molecule has 0 unspecified atom stereocenters. The smallest absolute Gasteiger partial charge is 0.234 e. The number of thioether (sulfide) groups is 1. The first kappa shape index (κ1) is 21.6. The average molecular weight is 445 g/mol. The third-order valence-corrected chi connectivity index (χ3v) is 6.12. The fourth-order valence-electron chi connectivity index (χ4n) is 3.33. The van der Waals surface area contributed by atoms with E-state index in [1.54, 1.807) is 7.11 Å². The van der Waals surface area contributed by atoms with Crippen LogP contribution >= 0.6 is 11.8 Å². The first-order chi connectivity index (χ1) is 15.6. The van der Waals surface area contributed by atoms with Crippen LogP contribution in [0.4, 0.5) is 5.69 Å². The molecule has 0 saturated heterocycles. The van der Waals surface area contributed by atoms with Crippen LogP contribution in [0.3, 0.4) is 0 Å². The Morgan fingerprint density at radius 3 is 2.56 bits per heavy atom. The van der Waals surface area contributed by atoms with Gasteiger partial charge in [0.15, 0.2) is 11.0 Å². The van der Waals surface area contributed by atoms with Crippen molar-refractivity contribution in [3.8, 4) is 22.8 Å². The molecule has 6 nitrogen and oxygen atoms in total. The first-order valence-corrected chi connectivity index (χ1v) is 11.2. The van der Waals surface area contributed by atoms with Crippen molar-refractivity contribution in [2.24, 2.45) is 0 Å². The van der Waals surface area contributed by atoms with E-state index in [-0.39, 0.29) is 11.7 Å². The van der Waals surface area contributed by atoms with Crippen molar-refractivity contribution in [3.63, 3.8) is 0 Å². The van der Waals surface area contributed by atoms with Gasteiger partial charge in [-0.3, -0.25) is 9.36 Å². The Labute approximate surface area is 191 Å². The molecule has 0 aliphatic heterocycles. The highest BCUT2D eigenvalue weighted by Crippen LogP contribution is 2.30. The second-order valence-electron chi connectivity index (χ2n) is 7.29. The highest BCUT2D eigenvalue weighted by Gasteiger charge is 2.18. The van der Waals surface area contributed by atoms with Gasteiger partial charge in [-0.25, -0.2) is 0 Å². The van der Waals surface area contributed by atoms with Crippen LogP contribution in [0, 0.1) is 13.8 Å². The molecule has 7 heteroatoms. The summed E-state index contributed by atoms with van der Waals surface area (Å²) in [6, 6.07) is 23.5. The fourth-order valence-corrected chi connectivity index (χ4v) is 4.08. The molecule has 0 atom stereocenters. The molecule has 4 aromatic rings. The number of aromatic nitrogens is 3. The predicted molar refractivity (Wildman–Crippen MR) is 129 cm³/mol. The Hall–Kier alpha value is -3.58. The molecule has 0 fully saturated rings. The number of benzene rings is 3. The van der Waals surface area contributed by atoms with E-state index in [0.29, 0.717) is 11.0 Å². The third kappa shape index (κ3) is 4.68. The van der Waals surface area contributed by atoms with Gasteiger partial charge in [0.2, 0.25) is 5.91 Å². The monoisotopic (exact) mass is 444 g/mol. The maximum Gasteiger partial charge on any atom is 0.234 e. The maximum atomic E-state index is 12.7. The fraction of sp³-hybridized carbons (Fsp3) is 0.160. The van der Waals surface area contributed by atoms with Gasteiger partial charge in [-0.15, -0.1) is 10.2 Å². The molecule has 0 spiro atoms. The number of aryl methyl sites for hydroxylation is 1. The lowest BCUT2D eigenvalue weighted by molar-refractivity contribution is -0.113. The molecule has 0 radical (unpaired) electrons. The summed E-state index contributed by atoms with van der Waals surface area (Å²) >= 11 is 1.35. The Kier molecular flexibility index (Phi) is 6.56. The SMILES string of the molecule is COc1cccc(-c2nnc(SCC(=O)Nc3cccc(C)c3C)n2-c2ccccc2)c1.